The molecule has 39 heavy (non-hydrogen) atoms. The molecule has 0 aromatic carbocycles. The van der Waals surface area contributed by atoms with Crippen molar-refractivity contribution in [2.75, 3.05) is 18.2 Å². The zero-order valence-corrected chi connectivity index (χ0v) is 22.2. The largest absolute Gasteiger partial charge is 0.480 e. The summed E-state index contributed by atoms with van der Waals surface area (Å²) in [6.07, 6.45) is 1.45. The van der Waals surface area contributed by atoms with Gasteiger partial charge < -0.3 is 10.1 Å². The fourth-order valence-electron chi connectivity index (χ4n) is 4.10. The summed E-state index contributed by atoms with van der Waals surface area (Å²) in [7, 11) is 1.43. The normalized spacial score (nSPS) is 14.4. The SMILES string of the molecule is CCSc1ccc(CNc2nc3cnc(-c4c(OC)ncnc4C4CC4)nc3n([C@H](C)C(F)(F)F)c2=O)nc1. The number of aromatic nitrogens is 7. The van der Waals surface area contributed by atoms with E-state index in [1.165, 1.54) is 19.6 Å². The zero-order valence-electron chi connectivity index (χ0n) is 21.4. The minimum Gasteiger partial charge on any atom is -0.480 e. The topological polar surface area (TPSA) is 121 Å². The fraction of sp³-hybridized carbons (Fsp3) is 0.400. The molecule has 0 amide bonds. The third-order valence-corrected chi connectivity index (χ3v) is 7.12. The molecule has 4 heterocycles. The van der Waals surface area contributed by atoms with Crippen LogP contribution in [0.5, 0.6) is 5.88 Å². The van der Waals surface area contributed by atoms with Crippen LogP contribution in [0, 0.1) is 0 Å². The number of halogens is 3. The van der Waals surface area contributed by atoms with Crippen LogP contribution in [0.1, 0.15) is 50.0 Å². The predicted molar refractivity (Wildman–Crippen MR) is 140 cm³/mol. The van der Waals surface area contributed by atoms with Crippen molar-refractivity contribution in [2.24, 2.45) is 0 Å². The molecule has 0 unspecified atom stereocenters. The third kappa shape index (κ3) is 5.51. The molecule has 0 saturated heterocycles. The summed E-state index contributed by atoms with van der Waals surface area (Å²) in [6.45, 7) is 3.02. The minimum absolute atomic E-state index is 0.0170. The number of anilines is 1. The number of hydrogen-bond acceptors (Lipinski definition) is 10. The summed E-state index contributed by atoms with van der Waals surface area (Å²) in [5, 5.41) is 2.84. The minimum atomic E-state index is -4.72. The summed E-state index contributed by atoms with van der Waals surface area (Å²) in [5.41, 5.74) is 0.439. The molecule has 204 valence electrons. The lowest BCUT2D eigenvalue weighted by Crippen LogP contribution is -2.35. The number of ether oxygens (including phenoxy) is 1. The lowest BCUT2D eigenvalue weighted by Gasteiger charge is -2.21. The molecular formula is C25H25F3N8O2S. The van der Waals surface area contributed by atoms with Crippen LogP contribution < -0.4 is 15.6 Å². The van der Waals surface area contributed by atoms with Crippen molar-refractivity contribution in [3.05, 3.63) is 52.6 Å². The van der Waals surface area contributed by atoms with Gasteiger partial charge in [0.05, 0.1) is 31.2 Å². The Morgan fingerprint density at radius 2 is 1.95 bits per heavy atom. The van der Waals surface area contributed by atoms with Crippen LogP contribution in [0.15, 0.2) is 40.5 Å². The maximum absolute atomic E-state index is 14.0. The van der Waals surface area contributed by atoms with Gasteiger partial charge in [-0.2, -0.15) is 13.2 Å². The van der Waals surface area contributed by atoms with E-state index >= 15 is 0 Å². The van der Waals surface area contributed by atoms with E-state index < -0.39 is 17.8 Å². The Morgan fingerprint density at radius 3 is 2.59 bits per heavy atom. The molecule has 1 fully saturated rings. The first-order valence-corrected chi connectivity index (χ1v) is 13.3. The van der Waals surface area contributed by atoms with Crippen molar-refractivity contribution in [3.8, 4) is 17.3 Å². The Bertz CT molecular complexity index is 1560. The van der Waals surface area contributed by atoms with Crippen LogP contribution in [0.3, 0.4) is 0 Å². The highest BCUT2D eigenvalue weighted by Gasteiger charge is 2.40. The number of nitrogens with one attached hydrogen (secondary N) is 1. The van der Waals surface area contributed by atoms with Crippen molar-refractivity contribution >= 4 is 28.7 Å². The molecule has 1 atom stereocenters. The maximum atomic E-state index is 14.0. The van der Waals surface area contributed by atoms with Gasteiger partial charge in [-0.05, 0) is 37.7 Å². The second-order valence-corrected chi connectivity index (χ2v) is 10.3. The molecule has 1 aliphatic carbocycles. The Hall–Kier alpha value is -3.81. The first-order chi connectivity index (χ1) is 18.7. The molecule has 14 heteroatoms. The molecule has 1 N–H and O–H groups in total. The van der Waals surface area contributed by atoms with Crippen molar-refractivity contribution < 1.29 is 17.9 Å². The predicted octanol–water partition coefficient (Wildman–Crippen LogP) is 4.77. The number of nitrogens with zero attached hydrogens (tertiary/aromatic N) is 7. The van der Waals surface area contributed by atoms with Gasteiger partial charge in [0.2, 0.25) is 5.88 Å². The summed E-state index contributed by atoms with van der Waals surface area (Å²) < 4.78 is 47.8. The maximum Gasteiger partial charge on any atom is 0.409 e. The van der Waals surface area contributed by atoms with E-state index in [-0.39, 0.29) is 41.1 Å². The van der Waals surface area contributed by atoms with Crippen LogP contribution in [-0.2, 0) is 6.54 Å². The number of alkyl halides is 3. The smallest absolute Gasteiger partial charge is 0.409 e. The van der Waals surface area contributed by atoms with E-state index in [0.717, 1.165) is 30.4 Å². The van der Waals surface area contributed by atoms with Gasteiger partial charge in [-0.3, -0.25) is 14.3 Å². The van der Waals surface area contributed by atoms with Gasteiger partial charge in [0.1, 0.15) is 23.4 Å². The second-order valence-electron chi connectivity index (χ2n) is 8.94. The van der Waals surface area contributed by atoms with Gasteiger partial charge >= 0.3 is 6.18 Å². The van der Waals surface area contributed by atoms with E-state index in [1.54, 1.807) is 24.0 Å². The Kier molecular flexibility index (Phi) is 7.38. The molecule has 0 aliphatic heterocycles. The highest BCUT2D eigenvalue weighted by Crippen LogP contribution is 2.45. The van der Waals surface area contributed by atoms with Gasteiger partial charge in [0.15, 0.2) is 17.3 Å². The average Bonchev–Trinajstić information content (AvgIpc) is 3.77. The van der Waals surface area contributed by atoms with Gasteiger partial charge in [-0.1, -0.05) is 6.92 Å². The van der Waals surface area contributed by atoms with Crippen molar-refractivity contribution in [1.82, 2.24) is 34.5 Å². The molecular weight excluding hydrogens is 533 g/mol. The quantitative estimate of drug-likeness (QED) is 0.288. The first kappa shape index (κ1) is 26.8. The van der Waals surface area contributed by atoms with E-state index in [4.69, 9.17) is 4.74 Å². The highest BCUT2D eigenvalue weighted by atomic mass is 32.2. The van der Waals surface area contributed by atoms with E-state index in [2.05, 4.69) is 35.2 Å². The summed E-state index contributed by atoms with van der Waals surface area (Å²) >= 11 is 1.63. The zero-order chi connectivity index (χ0) is 27.7. The van der Waals surface area contributed by atoms with Crippen LogP contribution in [0.4, 0.5) is 19.0 Å². The van der Waals surface area contributed by atoms with Gasteiger partial charge in [-0.25, -0.2) is 24.9 Å². The first-order valence-electron chi connectivity index (χ1n) is 12.3. The Labute approximate surface area is 225 Å². The number of fused-ring (bicyclic) bond motifs is 1. The van der Waals surface area contributed by atoms with Gasteiger partial charge in [-0.15, -0.1) is 11.8 Å². The molecule has 5 rings (SSSR count). The van der Waals surface area contributed by atoms with Crippen molar-refractivity contribution in [2.45, 2.75) is 56.3 Å². The lowest BCUT2D eigenvalue weighted by atomic mass is 10.1. The van der Waals surface area contributed by atoms with Crippen molar-refractivity contribution in [3.63, 3.8) is 0 Å². The van der Waals surface area contributed by atoms with Crippen LogP contribution >= 0.6 is 11.8 Å². The number of methoxy groups -OCH3 is 1. The Morgan fingerprint density at radius 1 is 1.15 bits per heavy atom. The number of hydrogen-bond donors (Lipinski definition) is 1. The third-order valence-electron chi connectivity index (χ3n) is 6.26. The molecule has 0 spiro atoms. The summed E-state index contributed by atoms with van der Waals surface area (Å²) in [5.74, 6) is 1.04. The van der Waals surface area contributed by atoms with Crippen LogP contribution in [0.25, 0.3) is 22.6 Å². The van der Waals surface area contributed by atoms with Gasteiger partial charge in [0, 0.05) is 17.0 Å². The lowest BCUT2D eigenvalue weighted by molar-refractivity contribution is -0.162. The number of thioether (sulfide) groups is 1. The van der Waals surface area contributed by atoms with E-state index in [1.807, 2.05) is 13.0 Å². The molecule has 0 radical (unpaired) electrons. The monoisotopic (exact) mass is 558 g/mol. The number of pyridine rings is 1. The summed E-state index contributed by atoms with van der Waals surface area (Å²) in [4.78, 5) is 40.2. The molecule has 1 saturated carbocycles. The Balaban J connectivity index is 1.60. The molecule has 0 bridgehead atoms. The molecule has 4 aromatic heterocycles. The molecule has 1 aliphatic rings. The van der Waals surface area contributed by atoms with Crippen LogP contribution in [-0.4, -0.2) is 53.5 Å². The standard InChI is InChI=1S/C25H25F3N8O2S/c1-4-39-16-8-7-15(29-10-16)9-30-21-24(37)36(13(2)25(26,27)28)22-17(34-21)11-31-20(35-22)18-19(14-5-6-14)32-12-33-23(18)38-3/h7-8,10-14H,4-6,9H2,1-3H3,(H,30,34)/t13-/m1/s1. The van der Waals surface area contributed by atoms with E-state index in [9.17, 15) is 18.0 Å². The molecule has 4 aromatic rings. The second kappa shape index (κ2) is 10.8. The fourth-order valence-corrected chi connectivity index (χ4v) is 4.72. The average molecular weight is 559 g/mol. The van der Waals surface area contributed by atoms with Crippen molar-refractivity contribution in [1.29, 1.82) is 0 Å². The highest BCUT2D eigenvalue weighted by molar-refractivity contribution is 7.99. The van der Waals surface area contributed by atoms with Crippen LogP contribution in [0.2, 0.25) is 0 Å². The summed E-state index contributed by atoms with van der Waals surface area (Å²) in [6, 6.07) is 1.49. The molecule has 10 nitrogen and oxygen atoms in total. The van der Waals surface area contributed by atoms with Gasteiger partial charge in [0.25, 0.3) is 5.56 Å². The van der Waals surface area contributed by atoms with E-state index in [0.29, 0.717) is 21.5 Å². The number of rotatable bonds is 9.